The number of methoxy groups -OCH3 is 1. The number of ether oxygens (including phenoxy) is 1. The Labute approximate surface area is 112 Å². The number of benzene rings is 1. The quantitative estimate of drug-likeness (QED) is 0.843. The summed E-state index contributed by atoms with van der Waals surface area (Å²) in [4.78, 5) is 14.1. The first-order valence-corrected chi connectivity index (χ1v) is 6.38. The normalized spacial score (nSPS) is 18.3. The smallest absolute Gasteiger partial charge is 0.327 e. The van der Waals surface area contributed by atoms with Gasteiger partial charge < -0.3 is 10.1 Å². The van der Waals surface area contributed by atoms with Crippen molar-refractivity contribution in [2.45, 2.75) is 6.04 Å². The molecule has 1 heterocycles. The molecule has 1 fully saturated rings. The van der Waals surface area contributed by atoms with Crippen molar-refractivity contribution in [1.29, 1.82) is 0 Å². The first kappa shape index (κ1) is 13.3. The molecule has 0 amide bonds. The summed E-state index contributed by atoms with van der Waals surface area (Å²) in [6.07, 6.45) is 0. The Morgan fingerprint density at radius 3 is 2.50 bits per heavy atom. The van der Waals surface area contributed by atoms with Crippen molar-refractivity contribution in [2.75, 3.05) is 33.3 Å². The molecule has 4 nitrogen and oxygen atoms in total. The van der Waals surface area contributed by atoms with Crippen LogP contribution in [0.25, 0.3) is 0 Å². The maximum Gasteiger partial charge on any atom is 0.327 e. The Hall–Kier alpha value is -1.10. The molecule has 0 saturated carbocycles. The Morgan fingerprint density at radius 2 is 1.94 bits per heavy atom. The molecule has 0 spiro atoms. The molecule has 1 saturated heterocycles. The molecule has 98 valence electrons. The second-order valence-corrected chi connectivity index (χ2v) is 4.70. The average molecular weight is 269 g/mol. The number of halogens is 1. The van der Waals surface area contributed by atoms with E-state index in [9.17, 15) is 4.79 Å². The number of hydrogen-bond acceptors (Lipinski definition) is 4. The summed E-state index contributed by atoms with van der Waals surface area (Å²) in [6.45, 7) is 3.45. The summed E-state index contributed by atoms with van der Waals surface area (Å²) in [6, 6.07) is 7.02. The van der Waals surface area contributed by atoms with Gasteiger partial charge in [-0.25, -0.2) is 4.79 Å². The van der Waals surface area contributed by atoms with Gasteiger partial charge in [-0.05, 0) is 17.7 Å². The van der Waals surface area contributed by atoms with E-state index in [4.69, 9.17) is 16.3 Å². The molecule has 0 radical (unpaired) electrons. The van der Waals surface area contributed by atoms with Crippen molar-refractivity contribution < 1.29 is 9.53 Å². The van der Waals surface area contributed by atoms with Gasteiger partial charge in [-0.3, -0.25) is 4.90 Å². The fraction of sp³-hybridized carbons (Fsp3) is 0.462. The van der Waals surface area contributed by atoms with E-state index in [-0.39, 0.29) is 12.0 Å². The number of esters is 1. The van der Waals surface area contributed by atoms with Crippen molar-refractivity contribution in [3.05, 3.63) is 34.9 Å². The van der Waals surface area contributed by atoms with Gasteiger partial charge in [-0.1, -0.05) is 23.7 Å². The second kappa shape index (κ2) is 6.18. The summed E-state index contributed by atoms with van der Waals surface area (Å²) in [5, 5.41) is 3.94. The lowest BCUT2D eigenvalue weighted by Crippen LogP contribution is -2.47. The molecular formula is C13H17ClN2O2. The van der Waals surface area contributed by atoms with E-state index >= 15 is 0 Å². The van der Waals surface area contributed by atoms with E-state index in [2.05, 4.69) is 10.2 Å². The monoisotopic (exact) mass is 268 g/mol. The van der Waals surface area contributed by atoms with Crippen LogP contribution < -0.4 is 5.32 Å². The maximum absolute atomic E-state index is 12.0. The van der Waals surface area contributed by atoms with E-state index in [1.165, 1.54) is 7.11 Å². The van der Waals surface area contributed by atoms with Crippen LogP contribution in [0.5, 0.6) is 0 Å². The van der Waals surface area contributed by atoms with Crippen LogP contribution in [0.4, 0.5) is 0 Å². The minimum atomic E-state index is -0.339. The lowest BCUT2D eigenvalue weighted by Gasteiger charge is -2.33. The molecule has 1 aromatic rings. The Kier molecular flexibility index (Phi) is 4.58. The largest absolute Gasteiger partial charge is 0.468 e. The summed E-state index contributed by atoms with van der Waals surface area (Å²) < 4.78 is 4.92. The number of carbonyl (C=O) groups is 1. The van der Waals surface area contributed by atoms with Gasteiger partial charge in [0.05, 0.1) is 7.11 Å². The summed E-state index contributed by atoms with van der Waals surface area (Å²) in [5.74, 6) is -0.223. The van der Waals surface area contributed by atoms with Gasteiger partial charge in [0.25, 0.3) is 0 Å². The molecule has 5 heteroatoms. The van der Waals surface area contributed by atoms with Crippen LogP contribution in [0.15, 0.2) is 24.3 Å². The summed E-state index contributed by atoms with van der Waals surface area (Å²) in [7, 11) is 1.42. The highest BCUT2D eigenvalue weighted by Gasteiger charge is 2.29. The first-order valence-electron chi connectivity index (χ1n) is 6.00. The molecule has 0 bridgehead atoms. The van der Waals surface area contributed by atoms with Crippen LogP contribution in [0, 0.1) is 0 Å². The number of carbonyl (C=O) groups excluding carboxylic acids is 1. The molecular weight excluding hydrogens is 252 g/mol. The molecule has 1 N–H and O–H groups in total. The standard InChI is InChI=1S/C13H17ClN2O2/c1-18-13(17)12(16-8-6-15-7-9-16)10-2-4-11(14)5-3-10/h2-5,12,15H,6-9H2,1H3/t12-/m1/s1. The molecule has 0 unspecified atom stereocenters. The van der Waals surface area contributed by atoms with Crippen molar-refractivity contribution in [2.24, 2.45) is 0 Å². The van der Waals surface area contributed by atoms with Crippen LogP contribution in [0.1, 0.15) is 11.6 Å². The van der Waals surface area contributed by atoms with Crippen LogP contribution in [-0.2, 0) is 9.53 Å². The van der Waals surface area contributed by atoms with Crippen LogP contribution in [0.2, 0.25) is 5.02 Å². The highest BCUT2D eigenvalue weighted by atomic mass is 35.5. The lowest BCUT2D eigenvalue weighted by molar-refractivity contribution is -0.147. The van der Waals surface area contributed by atoms with Gasteiger partial charge in [0.1, 0.15) is 6.04 Å². The van der Waals surface area contributed by atoms with Crippen molar-refractivity contribution >= 4 is 17.6 Å². The third-order valence-corrected chi connectivity index (χ3v) is 3.38. The van der Waals surface area contributed by atoms with Gasteiger partial charge in [0, 0.05) is 31.2 Å². The van der Waals surface area contributed by atoms with Gasteiger partial charge in [-0.15, -0.1) is 0 Å². The molecule has 1 aliphatic rings. The zero-order valence-electron chi connectivity index (χ0n) is 10.4. The SMILES string of the molecule is COC(=O)[C@@H](c1ccc(Cl)cc1)N1CCNCC1. The minimum absolute atomic E-state index is 0.223. The molecule has 1 atom stereocenters. The molecule has 0 aliphatic carbocycles. The minimum Gasteiger partial charge on any atom is -0.468 e. The molecule has 18 heavy (non-hydrogen) atoms. The van der Waals surface area contributed by atoms with E-state index in [1.807, 2.05) is 12.1 Å². The Bertz CT molecular complexity index is 402. The average Bonchev–Trinajstić information content (AvgIpc) is 2.42. The van der Waals surface area contributed by atoms with Crippen molar-refractivity contribution in [1.82, 2.24) is 10.2 Å². The summed E-state index contributed by atoms with van der Waals surface area (Å²) >= 11 is 5.88. The highest BCUT2D eigenvalue weighted by Crippen LogP contribution is 2.24. The number of nitrogens with one attached hydrogen (secondary N) is 1. The van der Waals surface area contributed by atoms with Crippen LogP contribution >= 0.6 is 11.6 Å². The number of rotatable bonds is 3. The number of nitrogens with zero attached hydrogens (tertiary/aromatic N) is 1. The highest BCUT2D eigenvalue weighted by molar-refractivity contribution is 6.30. The lowest BCUT2D eigenvalue weighted by atomic mass is 10.0. The van der Waals surface area contributed by atoms with Gasteiger partial charge in [-0.2, -0.15) is 0 Å². The molecule has 2 rings (SSSR count). The van der Waals surface area contributed by atoms with Gasteiger partial charge >= 0.3 is 5.97 Å². The van der Waals surface area contributed by atoms with Crippen molar-refractivity contribution in [3.8, 4) is 0 Å². The predicted octanol–water partition coefficient (Wildman–Crippen LogP) is 1.46. The fourth-order valence-electron chi connectivity index (χ4n) is 2.19. The van der Waals surface area contributed by atoms with Gasteiger partial charge in [0.2, 0.25) is 0 Å². The van der Waals surface area contributed by atoms with Crippen LogP contribution in [0.3, 0.4) is 0 Å². The fourth-order valence-corrected chi connectivity index (χ4v) is 2.32. The summed E-state index contributed by atoms with van der Waals surface area (Å²) in [5.41, 5.74) is 0.924. The molecule has 1 aromatic carbocycles. The van der Waals surface area contributed by atoms with Crippen LogP contribution in [-0.4, -0.2) is 44.2 Å². The van der Waals surface area contributed by atoms with E-state index in [1.54, 1.807) is 12.1 Å². The Balaban J connectivity index is 2.23. The molecule has 1 aliphatic heterocycles. The number of hydrogen-bond donors (Lipinski definition) is 1. The predicted molar refractivity (Wildman–Crippen MR) is 70.7 cm³/mol. The topological polar surface area (TPSA) is 41.6 Å². The zero-order valence-corrected chi connectivity index (χ0v) is 11.1. The third-order valence-electron chi connectivity index (χ3n) is 3.13. The van der Waals surface area contributed by atoms with Crippen molar-refractivity contribution in [3.63, 3.8) is 0 Å². The number of piperazine rings is 1. The van der Waals surface area contributed by atoms with E-state index in [0.29, 0.717) is 5.02 Å². The zero-order chi connectivity index (χ0) is 13.0. The van der Waals surface area contributed by atoms with E-state index in [0.717, 1.165) is 31.7 Å². The maximum atomic E-state index is 12.0. The first-order chi connectivity index (χ1) is 8.72. The van der Waals surface area contributed by atoms with E-state index < -0.39 is 0 Å². The third kappa shape index (κ3) is 3.02. The molecule has 0 aromatic heterocycles. The van der Waals surface area contributed by atoms with Gasteiger partial charge in [0.15, 0.2) is 0 Å². The Morgan fingerprint density at radius 1 is 1.33 bits per heavy atom. The second-order valence-electron chi connectivity index (χ2n) is 4.26.